The van der Waals surface area contributed by atoms with E-state index in [1.807, 2.05) is 32.4 Å². The predicted octanol–water partition coefficient (Wildman–Crippen LogP) is 2.40. The average Bonchev–Trinajstić information content (AvgIpc) is 2.94. The van der Waals surface area contributed by atoms with Gasteiger partial charge >= 0.3 is 0 Å². The Morgan fingerprint density at radius 1 is 1.43 bits per heavy atom. The molecule has 1 N–H and O–H groups in total. The summed E-state index contributed by atoms with van der Waals surface area (Å²) in [5, 5.41) is 11.8. The van der Waals surface area contributed by atoms with Crippen LogP contribution in [-0.2, 0) is 13.6 Å². The Hall–Kier alpha value is -1.82. The minimum atomic E-state index is -0.278. The number of hydrogen-bond donors (Lipinski definition) is 1. The Labute approximate surface area is 129 Å². The highest BCUT2D eigenvalue weighted by Gasteiger charge is 2.21. The first-order valence-corrected chi connectivity index (χ1v) is 7.26. The Balaban J connectivity index is 2.18. The Morgan fingerprint density at radius 2 is 2.10 bits per heavy atom. The normalized spacial score (nSPS) is 12.5. The lowest BCUT2D eigenvalue weighted by atomic mass is 10.1. The van der Waals surface area contributed by atoms with Gasteiger partial charge in [-0.05, 0) is 27.7 Å². The van der Waals surface area contributed by atoms with E-state index in [0.29, 0.717) is 5.02 Å². The van der Waals surface area contributed by atoms with E-state index in [0.717, 1.165) is 23.5 Å². The van der Waals surface area contributed by atoms with Gasteiger partial charge in [0.15, 0.2) is 5.69 Å². The van der Waals surface area contributed by atoms with E-state index in [1.165, 1.54) is 0 Å². The summed E-state index contributed by atoms with van der Waals surface area (Å²) in [5.74, 6) is -0.278. The largest absolute Gasteiger partial charge is 0.344 e. The summed E-state index contributed by atoms with van der Waals surface area (Å²) >= 11 is 6.14. The van der Waals surface area contributed by atoms with E-state index in [9.17, 15) is 4.79 Å². The van der Waals surface area contributed by atoms with Crippen LogP contribution in [0.5, 0.6) is 0 Å². The maximum atomic E-state index is 12.3. The van der Waals surface area contributed by atoms with Gasteiger partial charge in [-0.25, -0.2) is 0 Å². The fourth-order valence-electron chi connectivity index (χ4n) is 2.28. The number of nitrogens with zero attached hydrogens (tertiary/aromatic N) is 4. The van der Waals surface area contributed by atoms with Gasteiger partial charge in [-0.1, -0.05) is 11.6 Å². The molecule has 6 nitrogen and oxygen atoms in total. The molecule has 0 fully saturated rings. The summed E-state index contributed by atoms with van der Waals surface area (Å²) in [5.41, 5.74) is 3.07. The molecule has 1 atom stereocenters. The van der Waals surface area contributed by atoms with Crippen LogP contribution in [0, 0.1) is 13.8 Å². The molecule has 2 rings (SSSR count). The number of hydrogen-bond acceptors (Lipinski definition) is 3. The van der Waals surface area contributed by atoms with Crippen LogP contribution in [0.2, 0.25) is 5.02 Å². The van der Waals surface area contributed by atoms with E-state index in [2.05, 4.69) is 15.5 Å². The van der Waals surface area contributed by atoms with Gasteiger partial charge in [-0.2, -0.15) is 10.2 Å². The van der Waals surface area contributed by atoms with Crippen molar-refractivity contribution in [2.45, 2.75) is 40.3 Å². The summed E-state index contributed by atoms with van der Waals surface area (Å²) in [6.45, 7) is 8.57. The first kappa shape index (κ1) is 15.6. The highest BCUT2D eigenvalue weighted by atomic mass is 35.5. The molecule has 0 aliphatic rings. The fraction of sp³-hybridized carbons (Fsp3) is 0.500. The number of aryl methyl sites for hydroxylation is 2. The number of amides is 1. The SMILES string of the molecule is CCn1ncc(C(C)NC(=O)c2nn(C)c(C)c2Cl)c1C. The lowest BCUT2D eigenvalue weighted by Gasteiger charge is -2.13. The van der Waals surface area contributed by atoms with Crippen molar-refractivity contribution in [3.63, 3.8) is 0 Å². The quantitative estimate of drug-likeness (QED) is 0.943. The molecule has 2 aromatic heterocycles. The molecule has 0 saturated heterocycles. The van der Waals surface area contributed by atoms with Gasteiger partial charge in [-0.15, -0.1) is 0 Å². The molecule has 0 saturated carbocycles. The van der Waals surface area contributed by atoms with Gasteiger partial charge in [0.1, 0.15) is 0 Å². The van der Waals surface area contributed by atoms with E-state index in [1.54, 1.807) is 17.9 Å². The Morgan fingerprint density at radius 3 is 2.57 bits per heavy atom. The van der Waals surface area contributed by atoms with Crippen molar-refractivity contribution in [3.8, 4) is 0 Å². The van der Waals surface area contributed by atoms with Crippen molar-refractivity contribution >= 4 is 17.5 Å². The number of halogens is 1. The maximum Gasteiger partial charge on any atom is 0.273 e. The van der Waals surface area contributed by atoms with Gasteiger partial charge in [0.05, 0.1) is 23.0 Å². The molecular weight excluding hydrogens is 290 g/mol. The fourth-order valence-corrected chi connectivity index (χ4v) is 2.52. The summed E-state index contributed by atoms with van der Waals surface area (Å²) in [4.78, 5) is 12.3. The van der Waals surface area contributed by atoms with Crippen LogP contribution in [0.1, 0.15) is 47.3 Å². The maximum absolute atomic E-state index is 12.3. The van der Waals surface area contributed by atoms with Gasteiger partial charge < -0.3 is 5.32 Å². The van der Waals surface area contributed by atoms with Crippen LogP contribution in [0.4, 0.5) is 0 Å². The number of carbonyl (C=O) groups is 1. The topological polar surface area (TPSA) is 64.7 Å². The van der Waals surface area contributed by atoms with Crippen LogP contribution in [0.15, 0.2) is 6.20 Å². The summed E-state index contributed by atoms with van der Waals surface area (Å²) in [6.07, 6.45) is 1.79. The van der Waals surface area contributed by atoms with E-state index in [4.69, 9.17) is 11.6 Å². The third-order valence-electron chi connectivity index (χ3n) is 3.73. The van der Waals surface area contributed by atoms with Crippen molar-refractivity contribution in [2.75, 3.05) is 0 Å². The first-order valence-electron chi connectivity index (χ1n) is 6.89. The molecule has 0 bridgehead atoms. The monoisotopic (exact) mass is 309 g/mol. The molecule has 0 aliphatic carbocycles. The smallest absolute Gasteiger partial charge is 0.273 e. The molecule has 114 valence electrons. The van der Waals surface area contributed by atoms with Crippen molar-refractivity contribution in [1.82, 2.24) is 24.9 Å². The zero-order chi connectivity index (χ0) is 15.7. The van der Waals surface area contributed by atoms with Gasteiger partial charge in [0.25, 0.3) is 5.91 Å². The standard InChI is InChI=1S/C14H20ClN5O/c1-6-20-9(3)11(7-16-20)8(2)17-14(21)13-12(15)10(4)19(5)18-13/h7-8H,6H2,1-5H3,(H,17,21). The Bertz CT molecular complexity index is 673. The molecule has 21 heavy (non-hydrogen) atoms. The second-order valence-electron chi connectivity index (χ2n) is 5.07. The van der Waals surface area contributed by atoms with E-state index >= 15 is 0 Å². The van der Waals surface area contributed by atoms with Crippen LogP contribution in [0.3, 0.4) is 0 Å². The molecule has 1 amide bonds. The first-order chi connectivity index (χ1) is 9.86. The summed E-state index contributed by atoms with van der Waals surface area (Å²) in [6, 6.07) is -0.156. The van der Waals surface area contributed by atoms with E-state index < -0.39 is 0 Å². The highest BCUT2D eigenvalue weighted by molar-refractivity contribution is 6.34. The second-order valence-corrected chi connectivity index (χ2v) is 5.45. The summed E-state index contributed by atoms with van der Waals surface area (Å²) in [7, 11) is 1.76. The van der Waals surface area contributed by atoms with E-state index in [-0.39, 0.29) is 17.6 Å². The minimum Gasteiger partial charge on any atom is -0.344 e. The third kappa shape index (κ3) is 2.81. The minimum absolute atomic E-state index is 0.156. The average molecular weight is 310 g/mol. The Kier molecular flexibility index (Phi) is 4.37. The van der Waals surface area contributed by atoms with Gasteiger partial charge in [0.2, 0.25) is 0 Å². The molecule has 0 aromatic carbocycles. The molecule has 0 spiro atoms. The number of carbonyl (C=O) groups excluding carboxylic acids is 1. The van der Waals surface area contributed by atoms with Crippen LogP contribution in [0.25, 0.3) is 0 Å². The zero-order valence-corrected chi connectivity index (χ0v) is 13.7. The van der Waals surface area contributed by atoms with Crippen molar-refractivity contribution < 1.29 is 4.79 Å². The molecule has 1 unspecified atom stereocenters. The van der Waals surface area contributed by atoms with Gasteiger partial charge in [0, 0.05) is 24.8 Å². The second kappa shape index (κ2) is 5.89. The zero-order valence-electron chi connectivity index (χ0n) is 12.9. The lowest BCUT2D eigenvalue weighted by Crippen LogP contribution is -2.27. The van der Waals surface area contributed by atoms with Crippen LogP contribution < -0.4 is 5.32 Å². The highest BCUT2D eigenvalue weighted by Crippen LogP contribution is 2.21. The van der Waals surface area contributed by atoms with Crippen molar-refractivity contribution in [2.24, 2.45) is 7.05 Å². The molecule has 0 aliphatic heterocycles. The number of aromatic nitrogens is 4. The molecule has 2 heterocycles. The van der Waals surface area contributed by atoms with Crippen molar-refractivity contribution in [1.29, 1.82) is 0 Å². The predicted molar refractivity (Wildman–Crippen MR) is 81.5 cm³/mol. The lowest BCUT2D eigenvalue weighted by molar-refractivity contribution is 0.0934. The summed E-state index contributed by atoms with van der Waals surface area (Å²) < 4.78 is 3.50. The molecular formula is C14H20ClN5O. The third-order valence-corrected chi connectivity index (χ3v) is 4.18. The van der Waals surface area contributed by atoms with Crippen LogP contribution in [-0.4, -0.2) is 25.5 Å². The van der Waals surface area contributed by atoms with Crippen molar-refractivity contribution in [3.05, 3.63) is 33.9 Å². The molecule has 2 aromatic rings. The number of nitrogens with one attached hydrogen (secondary N) is 1. The van der Waals surface area contributed by atoms with Crippen LogP contribution >= 0.6 is 11.6 Å². The number of rotatable bonds is 4. The van der Waals surface area contributed by atoms with Gasteiger partial charge in [-0.3, -0.25) is 14.2 Å². The molecule has 0 radical (unpaired) electrons. The molecule has 7 heteroatoms.